The van der Waals surface area contributed by atoms with Crippen molar-refractivity contribution in [2.45, 2.75) is 45.3 Å². The zero-order valence-corrected chi connectivity index (χ0v) is 16.7. The molecule has 0 unspecified atom stereocenters. The maximum atomic E-state index is 11.8. The lowest BCUT2D eigenvalue weighted by atomic mass is 10.1. The van der Waals surface area contributed by atoms with E-state index in [1.165, 1.54) is 31.8 Å². The molecule has 2 aromatic heterocycles. The van der Waals surface area contributed by atoms with Crippen molar-refractivity contribution < 1.29 is 33.3 Å². The van der Waals surface area contributed by atoms with Crippen LogP contribution >= 0.6 is 0 Å². The van der Waals surface area contributed by atoms with Crippen molar-refractivity contribution in [1.82, 2.24) is 19.7 Å². The Morgan fingerprint density at radius 2 is 1.77 bits per heavy atom. The zero-order valence-electron chi connectivity index (χ0n) is 16.7. The number of carbonyl (C=O) groups is 3. The van der Waals surface area contributed by atoms with Crippen molar-refractivity contribution in [2.75, 3.05) is 24.6 Å². The number of anilines is 1. The maximum Gasteiger partial charge on any atom is 0.303 e. The average Bonchev–Trinajstić information content (AvgIpc) is 3.36. The summed E-state index contributed by atoms with van der Waals surface area (Å²) in [4.78, 5) is 45.4. The highest BCUT2D eigenvalue weighted by Gasteiger charge is 2.51. The third-order valence-electron chi connectivity index (χ3n) is 4.70. The van der Waals surface area contributed by atoms with Gasteiger partial charge in [0.15, 0.2) is 24.1 Å². The summed E-state index contributed by atoms with van der Waals surface area (Å²) in [6.07, 6.45) is -0.798. The summed E-state index contributed by atoms with van der Waals surface area (Å²) < 4.78 is 23.3. The minimum absolute atomic E-state index is 0.186. The van der Waals surface area contributed by atoms with Crippen LogP contribution < -0.4 is 4.90 Å². The molecule has 160 valence electrons. The highest BCUT2D eigenvalue weighted by molar-refractivity contribution is 5.87. The normalized spacial score (nSPS) is 25.2. The van der Waals surface area contributed by atoms with Crippen LogP contribution in [0.25, 0.3) is 11.0 Å². The van der Waals surface area contributed by atoms with E-state index in [2.05, 4.69) is 20.0 Å². The molecule has 0 spiro atoms. The molecule has 0 aliphatic carbocycles. The predicted molar refractivity (Wildman–Crippen MR) is 99.2 cm³/mol. The lowest BCUT2D eigenvalue weighted by molar-refractivity contribution is -0.166. The second-order valence-corrected chi connectivity index (χ2v) is 7.03. The summed E-state index contributed by atoms with van der Waals surface area (Å²) in [5.41, 5.74) is 0.476. The predicted octanol–water partition coefficient (Wildman–Crippen LogP) is -0.0298. The van der Waals surface area contributed by atoms with Crippen LogP contribution in [0.1, 0.15) is 27.0 Å². The fourth-order valence-corrected chi connectivity index (χ4v) is 3.44. The van der Waals surface area contributed by atoms with Crippen LogP contribution in [-0.4, -0.2) is 75.7 Å². The molecule has 0 bridgehead atoms. The highest BCUT2D eigenvalue weighted by Crippen LogP contribution is 2.37. The monoisotopic (exact) mass is 419 g/mol. The molecule has 30 heavy (non-hydrogen) atoms. The molecule has 2 aliphatic rings. The summed E-state index contributed by atoms with van der Waals surface area (Å²) in [6, 6.07) is 0. The van der Waals surface area contributed by atoms with E-state index in [0.717, 1.165) is 18.9 Å². The Labute approximate surface area is 171 Å². The first-order valence-electron chi connectivity index (χ1n) is 9.41. The number of fused-ring (bicyclic) bond motifs is 1. The quantitative estimate of drug-likeness (QED) is 0.355. The van der Waals surface area contributed by atoms with Crippen LogP contribution in [0.15, 0.2) is 12.5 Å². The number of esters is 3. The second kappa shape index (κ2) is 7.86. The van der Waals surface area contributed by atoms with Crippen LogP contribution in [-0.2, 0) is 33.3 Å². The summed E-state index contributed by atoms with van der Waals surface area (Å²) in [7, 11) is 0. The number of ether oxygens (including phenoxy) is 4. The van der Waals surface area contributed by atoms with Crippen molar-refractivity contribution in [3.05, 3.63) is 12.5 Å². The summed E-state index contributed by atoms with van der Waals surface area (Å²) in [6.45, 7) is 5.33. The Morgan fingerprint density at radius 3 is 2.40 bits per heavy atom. The number of hydrogen-bond acceptors (Lipinski definition) is 11. The van der Waals surface area contributed by atoms with E-state index in [1.54, 1.807) is 6.20 Å². The summed E-state index contributed by atoms with van der Waals surface area (Å²) in [5, 5.41) is 5.09. The van der Waals surface area contributed by atoms with Gasteiger partial charge in [0.05, 0.1) is 11.6 Å². The van der Waals surface area contributed by atoms with E-state index in [-0.39, 0.29) is 6.61 Å². The van der Waals surface area contributed by atoms with Crippen LogP contribution in [0, 0.1) is 0 Å². The van der Waals surface area contributed by atoms with Crippen molar-refractivity contribution in [3.8, 4) is 0 Å². The average molecular weight is 419 g/mol. The standard InChI is InChI=1S/C18H21N5O7/c1-9(24)27-7-13-14(28-10(2)25)15(29-11(3)26)18(30-13)23-17-12(6-21-23)16(19-8-20-17)22-4-5-22/h6,8,13-15,18H,4-5,7H2,1-3H3/t13-,14-,15+,18-/m1/s1. The molecule has 0 aromatic carbocycles. The summed E-state index contributed by atoms with van der Waals surface area (Å²) >= 11 is 0. The summed E-state index contributed by atoms with van der Waals surface area (Å²) in [5.74, 6) is -0.949. The lowest BCUT2D eigenvalue weighted by Crippen LogP contribution is -2.40. The molecule has 0 amide bonds. The van der Waals surface area contributed by atoms with E-state index in [1.807, 2.05) is 0 Å². The van der Waals surface area contributed by atoms with E-state index < -0.39 is 42.4 Å². The molecule has 0 saturated carbocycles. The van der Waals surface area contributed by atoms with E-state index in [4.69, 9.17) is 18.9 Å². The largest absolute Gasteiger partial charge is 0.463 e. The molecule has 2 aliphatic heterocycles. The molecular weight excluding hydrogens is 398 g/mol. The Kier molecular flexibility index (Phi) is 5.24. The van der Waals surface area contributed by atoms with Gasteiger partial charge in [-0.2, -0.15) is 5.10 Å². The van der Waals surface area contributed by atoms with Crippen molar-refractivity contribution in [1.29, 1.82) is 0 Å². The topological polar surface area (TPSA) is 135 Å². The number of hydrogen-bond donors (Lipinski definition) is 0. The Hall–Kier alpha value is -3.28. The molecule has 4 atom stereocenters. The SMILES string of the molecule is CC(=O)OC[C@H]1O[C@@H](n2ncc3c(N4CC4)ncnc32)[C@@H](OC(C)=O)[C@@H]1OC(C)=O. The van der Waals surface area contributed by atoms with Crippen molar-refractivity contribution >= 4 is 34.8 Å². The van der Waals surface area contributed by atoms with Crippen LogP contribution in [0.4, 0.5) is 5.82 Å². The smallest absolute Gasteiger partial charge is 0.303 e. The Morgan fingerprint density at radius 1 is 1.07 bits per heavy atom. The van der Waals surface area contributed by atoms with E-state index in [9.17, 15) is 14.4 Å². The van der Waals surface area contributed by atoms with E-state index in [0.29, 0.717) is 11.0 Å². The number of rotatable bonds is 6. The van der Waals surface area contributed by atoms with Gasteiger partial charge in [0.1, 0.15) is 24.9 Å². The van der Waals surface area contributed by atoms with Gasteiger partial charge in [0, 0.05) is 33.9 Å². The fourth-order valence-electron chi connectivity index (χ4n) is 3.44. The van der Waals surface area contributed by atoms with Gasteiger partial charge in [-0.1, -0.05) is 0 Å². The number of aromatic nitrogens is 4. The first-order chi connectivity index (χ1) is 14.3. The molecule has 2 saturated heterocycles. The molecule has 2 fully saturated rings. The number of carbonyl (C=O) groups excluding carboxylic acids is 3. The molecule has 0 N–H and O–H groups in total. The zero-order chi connectivity index (χ0) is 21.4. The fraction of sp³-hybridized carbons (Fsp3) is 0.556. The molecule has 12 nitrogen and oxygen atoms in total. The van der Waals surface area contributed by atoms with Gasteiger partial charge >= 0.3 is 17.9 Å². The third kappa shape index (κ3) is 3.90. The van der Waals surface area contributed by atoms with Gasteiger partial charge in [0.25, 0.3) is 0 Å². The van der Waals surface area contributed by atoms with Gasteiger partial charge in [-0.05, 0) is 0 Å². The third-order valence-corrected chi connectivity index (χ3v) is 4.70. The van der Waals surface area contributed by atoms with Gasteiger partial charge in [-0.3, -0.25) is 14.4 Å². The van der Waals surface area contributed by atoms with Gasteiger partial charge < -0.3 is 23.8 Å². The molecule has 4 heterocycles. The van der Waals surface area contributed by atoms with Crippen LogP contribution in [0.2, 0.25) is 0 Å². The van der Waals surface area contributed by atoms with Gasteiger partial charge in [0.2, 0.25) is 0 Å². The minimum atomic E-state index is -1.02. The highest BCUT2D eigenvalue weighted by atomic mass is 16.7. The van der Waals surface area contributed by atoms with E-state index >= 15 is 0 Å². The Bertz CT molecular complexity index is 988. The molecule has 4 rings (SSSR count). The van der Waals surface area contributed by atoms with Crippen molar-refractivity contribution in [3.63, 3.8) is 0 Å². The first kappa shape index (κ1) is 20.0. The molecule has 12 heteroatoms. The maximum absolute atomic E-state index is 11.8. The lowest BCUT2D eigenvalue weighted by Gasteiger charge is -2.23. The second-order valence-electron chi connectivity index (χ2n) is 7.03. The first-order valence-corrected chi connectivity index (χ1v) is 9.41. The van der Waals surface area contributed by atoms with Crippen LogP contribution in [0.5, 0.6) is 0 Å². The molecule has 2 aromatic rings. The minimum Gasteiger partial charge on any atom is -0.463 e. The van der Waals surface area contributed by atoms with Gasteiger partial charge in [-0.25, -0.2) is 14.6 Å². The van der Waals surface area contributed by atoms with Crippen molar-refractivity contribution in [2.24, 2.45) is 0 Å². The Balaban J connectivity index is 1.72. The van der Waals surface area contributed by atoms with Crippen LogP contribution in [0.3, 0.4) is 0 Å². The molecular formula is C18H21N5O7. The molecule has 0 radical (unpaired) electrons. The number of nitrogens with zero attached hydrogens (tertiary/aromatic N) is 5. The van der Waals surface area contributed by atoms with Gasteiger partial charge in [-0.15, -0.1) is 0 Å².